The molecule has 4 N–H and O–H groups in total. The lowest BCUT2D eigenvalue weighted by atomic mass is 10.1. The van der Waals surface area contributed by atoms with Gasteiger partial charge < -0.3 is 10.7 Å². The van der Waals surface area contributed by atoms with Gasteiger partial charge in [-0.05, 0) is 13.0 Å². The summed E-state index contributed by atoms with van der Waals surface area (Å²) >= 11 is 0. The number of carbonyl (C=O) groups excluding carboxylic acids is 1. The molecule has 2 aromatic rings. The molecule has 0 spiro atoms. The van der Waals surface area contributed by atoms with Crippen LogP contribution in [-0.2, 0) is 0 Å². The summed E-state index contributed by atoms with van der Waals surface area (Å²) in [6.45, 7) is 2.39. The Hall–Kier alpha value is -2.30. The molecule has 0 unspecified atom stereocenters. The van der Waals surface area contributed by atoms with Crippen molar-refractivity contribution in [2.24, 2.45) is 10.7 Å². The van der Waals surface area contributed by atoms with Crippen molar-refractivity contribution in [1.29, 1.82) is 0 Å². The number of guanidine groups is 1. The van der Waals surface area contributed by atoms with Gasteiger partial charge in [0.05, 0.1) is 5.56 Å². The van der Waals surface area contributed by atoms with Crippen LogP contribution in [0, 0.1) is 0 Å². The summed E-state index contributed by atoms with van der Waals surface area (Å²) < 4.78 is 0. The van der Waals surface area contributed by atoms with Crippen molar-refractivity contribution in [3.05, 3.63) is 36.0 Å². The topological polar surface area (TPSA) is 83.3 Å². The van der Waals surface area contributed by atoms with Gasteiger partial charge in [0.25, 0.3) is 5.91 Å². The summed E-state index contributed by atoms with van der Waals surface area (Å²) in [7, 11) is 0. The standard InChI is InChI=1S/C12H14N4O/c1-2-14-12(13)16-11(17)9-7-15-10-6-4-3-5-8(9)10/h3-7,15H,2H2,1H3,(H3,13,14,16,17). The lowest BCUT2D eigenvalue weighted by Crippen LogP contribution is -2.36. The van der Waals surface area contributed by atoms with Crippen LogP contribution in [0.1, 0.15) is 17.3 Å². The number of hydrogen-bond acceptors (Lipinski definition) is 2. The SMILES string of the molecule is CCN=C(N)NC(=O)c1c[nH]c2ccccc12. The van der Waals surface area contributed by atoms with Gasteiger partial charge in [-0.1, -0.05) is 18.2 Å². The number of carbonyl (C=O) groups is 1. The molecule has 17 heavy (non-hydrogen) atoms. The number of aromatic nitrogens is 1. The van der Waals surface area contributed by atoms with Crippen LogP contribution in [0.4, 0.5) is 0 Å². The van der Waals surface area contributed by atoms with E-state index in [1.807, 2.05) is 31.2 Å². The Morgan fingerprint density at radius 1 is 1.47 bits per heavy atom. The Morgan fingerprint density at radius 2 is 2.24 bits per heavy atom. The lowest BCUT2D eigenvalue weighted by molar-refractivity contribution is 0.0978. The van der Waals surface area contributed by atoms with Crippen LogP contribution in [0.2, 0.25) is 0 Å². The zero-order valence-corrected chi connectivity index (χ0v) is 9.53. The molecule has 0 aliphatic heterocycles. The van der Waals surface area contributed by atoms with Crippen molar-refractivity contribution >= 4 is 22.8 Å². The molecule has 0 radical (unpaired) electrons. The van der Waals surface area contributed by atoms with Crippen molar-refractivity contribution in [1.82, 2.24) is 10.3 Å². The molecule has 1 amide bonds. The molecule has 5 nitrogen and oxygen atoms in total. The number of rotatable bonds is 2. The van der Waals surface area contributed by atoms with E-state index in [1.54, 1.807) is 6.20 Å². The highest BCUT2D eigenvalue weighted by molar-refractivity contribution is 6.12. The molecule has 0 atom stereocenters. The average molecular weight is 230 g/mol. The van der Waals surface area contributed by atoms with E-state index < -0.39 is 0 Å². The monoisotopic (exact) mass is 230 g/mol. The van der Waals surface area contributed by atoms with E-state index in [2.05, 4.69) is 15.3 Å². The second-order valence-corrected chi connectivity index (χ2v) is 3.56. The van der Waals surface area contributed by atoms with Crippen LogP contribution in [-0.4, -0.2) is 23.4 Å². The maximum absolute atomic E-state index is 11.9. The van der Waals surface area contributed by atoms with Crippen LogP contribution in [0.5, 0.6) is 0 Å². The number of aliphatic imine (C=N–C) groups is 1. The van der Waals surface area contributed by atoms with Crippen molar-refractivity contribution in [2.45, 2.75) is 6.92 Å². The Kier molecular flexibility index (Phi) is 3.09. The van der Waals surface area contributed by atoms with E-state index in [4.69, 9.17) is 5.73 Å². The second-order valence-electron chi connectivity index (χ2n) is 3.56. The van der Waals surface area contributed by atoms with E-state index in [0.717, 1.165) is 10.9 Å². The predicted molar refractivity (Wildman–Crippen MR) is 67.9 cm³/mol. The minimum atomic E-state index is -0.253. The first-order valence-electron chi connectivity index (χ1n) is 5.39. The Balaban J connectivity index is 2.28. The average Bonchev–Trinajstić information content (AvgIpc) is 2.72. The van der Waals surface area contributed by atoms with Crippen LogP contribution >= 0.6 is 0 Å². The van der Waals surface area contributed by atoms with Gasteiger partial charge in [0, 0.05) is 23.6 Å². The highest BCUT2D eigenvalue weighted by atomic mass is 16.1. The van der Waals surface area contributed by atoms with Crippen molar-refractivity contribution in [3.63, 3.8) is 0 Å². The molecular weight excluding hydrogens is 216 g/mol. The van der Waals surface area contributed by atoms with Crippen LogP contribution in [0.3, 0.4) is 0 Å². The van der Waals surface area contributed by atoms with Crippen LogP contribution in [0.15, 0.2) is 35.5 Å². The summed E-state index contributed by atoms with van der Waals surface area (Å²) in [6, 6.07) is 7.59. The van der Waals surface area contributed by atoms with Gasteiger partial charge in [0.15, 0.2) is 5.96 Å². The summed E-state index contributed by atoms with van der Waals surface area (Å²) in [5, 5.41) is 3.41. The first-order valence-corrected chi connectivity index (χ1v) is 5.39. The third kappa shape index (κ3) is 2.28. The number of amides is 1. The fourth-order valence-electron chi connectivity index (χ4n) is 1.65. The minimum Gasteiger partial charge on any atom is -0.370 e. The van der Waals surface area contributed by atoms with Gasteiger partial charge >= 0.3 is 0 Å². The van der Waals surface area contributed by atoms with Gasteiger partial charge in [-0.3, -0.25) is 15.1 Å². The number of fused-ring (bicyclic) bond motifs is 1. The van der Waals surface area contributed by atoms with Gasteiger partial charge in [0.1, 0.15) is 0 Å². The summed E-state index contributed by atoms with van der Waals surface area (Å²) in [5.74, 6) is -0.111. The van der Waals surface area contributed by atoms with E-state index >= 15 is 0 Å². The third-order valence-electron chi connectivity index (χ3n) is 2.40. The highest BCUT2D eigenvalue weighted by Gasteiger charge is 2.11. The quantitative estimate of drug-likeness (QED) is 0.535. The van der Waals surface area contributed by atoms with Crippen molar-refractivity contribution < 1.29 is 4.79 Å². The maximum atomic E-state index is 11.9. The molecular formula is C12H14N4O. The van der Waals surface area contributed by atoms with E-state index in [1.165, 1.54) is 0 Å². The largest absolute Gasteiger partial charge is 0.370 e. The van der Waals surface area contributed by atoms with Crippen molar-refractivity contribution in [3.8, 4) is 0 Å². The zero-order chi connectivity index (χ0) is 12.3. The maximum Gasteiger partial charge on any atom is 0.260 e. The number of nitrogens with zero attached hydrogens (tertiary/aromatic N) is 1. The van der Waals surface area contributed by atoms with Crippen LogP contribution < -0.4 is 11.1 Å². The number of para-hydroxylation sites is 1. The predicted octanol–water partition coefficient (Wildman–Crippen LogP) is 1.23. The molecule has 0 saturated carbocycles. The molecule has 1 aromatic carbocycles. The summed E-state index contributed by atoms with van der Waals surface area (Å²) in [4.78, 5) is 18.9. The van der Waals surface area contributed by atoms with Crippen LogP contribution in [0.25, 0.3) is 10.9 Å². The van der Waals surface area contributed by atoms with Gasteiger partial charge in [-0.15, -0.1) is 0 Å². The zero-order valence-electron chi connectivity index (χ0n) is 9.53. The fourth-order valence-corrected chi connectivity index (χ4v) is 1.65. The number of aromatic amines is 1. The molecule has 1 heterocycles. The molecule has 0 aliphatic rings. The first kappa shape index (κ1) is 11.2. The first-order chi connectivity index (χ1) is 8.22. The van der Waals surface area contributed by atoms with Gasteiger partial charge in [-0.2, -0.15) is 0 Å². The molecule has 2 rings (SSSR count). The fraction of sp³-hybridized carbons (Fsp3) is 0.167. The van der Waals surface area contributed by atoms with E-state index in [-0.39, 0.29) is 11.9 Å². The highest BCUT2D eigenvalue weighted by Crippen LogP contribution is 2.17. The van der Waals surface area contributed by atoms with E-state index in [9.17, 15) is 4.79 Å². The normalized spacial score (nSPS) is 11.7. The Labute approximate surface area is 98.7 Å². The number of benzene rings is 1. The summed E-state index contributed by atoms with van der Waals surface area (Å²) in [5.41, 5.74) is 7.03. The number of nitrogens with two attached hydrogens (primary N) is 1. The Bertz CT molecular complexity index is 571. The third-order valence-corrected chi connectivity index (χ3v) is 2.40. The molecule has 0 fully saturated rings. The molecule has 5 heteroatoms. The molecule has 0 aliphatic carbocycles. The summed E-state index contributed by atoms with van der Waals surface area (Å²) in [6.07, 6.45) is 1.67. The molecule has 0 saturated heterocycles. The number of H-pyrrole nitrogens is 1. The Morgan fingerprint density at radius 3 is 3.00 bits per heavy atom. The smallest absolute Gasteiger partial charge is 0.260 e. The lowest BCUT2D eigenvalue weighted by Gasteiger charge is -2.02. The van der Waals surface area contributed by atoms with Gasteiger partial charge in [0.2, 0.25) is 0 Å². The molecule has 1 aromatic heterocycles. The number of hydrogen-bond donors (Lipinski definition) is 3. The minimum absolute atomic E-state index is 0.141. The van der Waals surface area contributed by atoms with E-state index in [0.29, 0.717) is 12.1 Å². The molecule has 0 bridgehead atoms. The second kappa shape index (κ2) is 4.69. The number of nitrogens with one attached hydrogen (secondary N) is 2. The van der Waals surface area contributed by atoms with Gasteiger partial charge in [-0.25, -0.2) is 0 Å². The molecule has 88 valence electrons. The van der Waals surface area contributed by atoms with Crippen molar-refractivity contribution in [2.75, 3.05) is 6.54 Å².